The largest absolute Gasteiger partial charge is 0.486 e. The van der Waals surface area contributed by atoms with Crippen LogP contribution in [0.15, 0.2) is 12.1 Å². The smallest absolute Gasteiger partial charge is 0.144 e. The van der Waals surface area contributed by atoms with Gasteiger partial charge in [0, 0.05) is 11.1 Å². The summed E-state index contributed by atoms with van der Waals surface area (Å²) in [6, 6.07) is 3.92. The number of hydrogen-bond acceptors (Lipinski definition) is 2. The molecular weight excluding hydrogens is 198 g/mol. The second-order valence-electron chi connectivity index (χ2n) is 3.63. The molecule has 14 heavy (non-hydrogen) atoms. The van der Waals surface area contributed by atoms with Crippen LogP contribution in [0.1, 0.15) is 18.9 Å². The van der Waals surface area contributed by atoms with Gasteiger partial charge in [-0.15, -0.1) is 0 Å². The molecule has 0 amide bonds. The molecule has 0 saturated carbocycles. The van der Waals surface area contributed by atoms with Gasteiger partial charge in [0.1, 0.15) is 11.9 Å². The lowest BCUT2D eigenvalue weighted by molar-refractivity contribution is 0.202. The zero-order chi connectivity index (χ0) is 10.1. The lowest BCUT2D eigenvalue weighted by Crippen LogP contribution is -2.29. The highest BCUT2D eigenvalue weighted by atomic mass is 35.5. The number of benzene rings is 1. The summed E-state index contributed by atoms with van der Waals surface area (Å²) in [7, 11) is 0. The van der Waals surface area contributed by atoms with E-state index in [9.17, 15) is 0 Å². The maximum Gasteiger partial charge on any atom is 0.144 e. The molecule has 1 aromatic carbocycles. The molecule has 3 heteroatoms. The van der Waals surface area contributed by atoms with Crippen LogP contribution in [0.5, 0.6) is 5.75 Å². The summed E-state index contributed by atoms with van der Waals surface area (Å²) in [5.41, 5.74) is 2.13. The third-order valence-electron chi connectivity index (χ3n) is 2.53. The van der Waals surface area contributed by atoms with Gasteiger partial charge in [0.15, 0.2) is 0 Å². The first-order chi connectivity index (χ1) is 6.70. The molecule has 1 aliphatic heterocycles. The van der Waals surface area contributed by atoms with Crippen LogP contribution < -0.4 is 10.1 Å². The molecular formula is C11H14ClNO. The van der Waals surface area contributed by atoms with Gasteiger partial charge in [-0.2, -0.15) is 0 Å². The zero-order valence-electron chi connectivity index (χ0n) is 8.43. The highest BCUT2D eigenvalue weighted by Crippen LogP contribution is 2.34. The van der Waals surface area contributed by atoms with Gasteiger partial charge in [-0.3, -0.25) is 0 Å². The van der Waals surface area contributed by atoms with E-state index in [1.54, 1.807) is 0 Å². The average Bonchev–Trinajstić information content (AvgIpc) is 2.19. The number of halogens is 1. The van der Waals surface area contributed by atoms with Gasteiger partial charge in [-0.25, -0.2) is 0 Å². The van der Waals surface area contributed by atoms with Crippen LogP contribution in [0.3, 0.4) is 0 Å². The van der Waals surface area contributed by atoms with Crippen molar-refractivity contribution >= 4 is 17.3 Å². The van der Waals surface area contributed by atoms with Crippen molar-refractivity contribution in [2.24, 2.45) is 0 Å². The van der Waals surface area contributed by atoms with Crippen LogP contribution in [0.25, 0.3) is 0 Å². The second kappa shape index (κ2) is 3.70. The molecule has 0 aliphatic carbocycles. The van der Waals surface area contributed by atoms with Crippen molar-refractivity contribution in [3.8, 4) is 5.75 Å². The van der Waals surface area contributed by atoms with Crippen LogP contribution >= 0.6 is 11.6 Å². The summed E-state index contributed by atoms with van der Waals surface area (Å²) in [5.74, 6) is 0.874. The van der Waals surface area contributed by atoms with E-state index in [0.717, 1.165) is 35.0 Å². The fourth-order valence-corrected chi connectivity index (χ4v) is 1.73. The van der Waals surface area contributed by atoms with Crippen molar-refractivity contribution in [3.63, 3.8) is 0 Å². The van der Waals surface area contributed by atoms with Crippen LogP contribution in [0.2, 0.25) is 5.02 Å². The predicted molar refractivity (Wildman–Crippen MR) is 59.4 cm³/mol. The summed E-state index contributed by atoms with van der Waals surface area (Å²) in [4.78, 5) is 0. The van der Waals surface area contributed by atoms with Crippen LogP contribution in [-0.4, -0.2) is 12.6 Å². The van der Waals surface area contributed by atoms with E-state index in [0.29, 0.717) is 0 Å². The number of aryl methyl sites for hydroxylation is 1. The van der Waals surface area contributed by atoms with Crippen LogP contribution in [0, 0.1) is 6.92 Å². The molecule has 0 aromatic heterocycles. The minimum atomic E-state index is 0.265. The number of fused-ring (bicyclic) bond motifs is 1. The Hall–Kier alpha value is -0.890. The maximum atomic E-state index is 6.03. The van der Waals surface area contributed by atoms with E-state index in [1.165, 1.54) is 0 Å². The highest BCUT2D eigenvalue weighted by Gasteiger charge is 2.18. The van der Waals surface area contributed by atoms with Gasteiger partial charge in [-0.1, -0.05) is 18.5 Å². The molecule has 0 radical (unpaired) electrons. The van der Waals surface area contributed by atoms with E-state index >= 15 is 0 Å². The van der Waals surface area contributed by atoms with Gasteiger partial charge in [0.05, 0.1) is 12.2 Å². The Morgan fingerprint density at radius 2 is 2.36 bits per heavy atom. The summed E-state index contributed by atoms with van der Waals surface area (Å²) < 4.78 is 5.77. The summed E-state index contributed by atoms with van der Waals surface area (Å²) in [6.07, 6.45) is 1.28. The van der Waals surface area contributed by atoms with Gasteiger partial charge < -0.3 is 10.1 Å². The standard InChI is InChI=1S/C11H14ClNO/c1-3-8-6-13-10-4-7(2)9(12)5-11(10)14-8/h4-5,8,13H,3,6H2,1-2H3. The number of hydrogen-bond donors (Lipinski definition) is 1. The quantitative estimate of drug-likeness (QED) is 0.770. The van der Waals surface area contributed by atoms with Crippen molar-refractivity contribution in [3.05, 3.63) is 22.7 Å². The molecule has 1 aliphatic rings. The third-order valence-corrected chi connectivity index (χ3v) is 2.94. The van der Waals surface area contributed by atoms with Crippen molar-refractivity contribution in [2.45, 2.75) is 26.4 Å². The molecule has 0 saturated heterocycles. The van der Waals surface area contributed by atoms with E-state index < -0.39 is 0 Å². The molecule has 0 spiro atoms. The summed E-state index contributed by atoms with van der Waals surface area (Å²) in [6.45, 7) is 4.99. The van der Waals surface area contributed by atoms with E-state index in [1.807, 2.05) is 19.1 Å². The molecule has 1 N–H and O–H groups in total. The summed E-state index contributed by atoms with van der Waals surface area (Å²) >= 11 is 6.03. The van der Waals surface area contributed by atoms with Gasteiger partial charge in [0.25, 0.3) is 0 Å². The Balaban J connectivity index is 2.33. The van der Waals surface area contributed by atoms with Crippen molar-refractivity contribution < 1.29 is 4.74 Å². The molecule has 1 aromatic rings. The fraction of sp³-hybridized carbons (Fsp3) is 0.455. The Morgan fingerprint density at radius 1 is 1.57 bits per heavy atom. The second-order valence-corrected chi connectivity index (χ2v) is 4.03. The Bertz CT molecular complexity index is 351. The number of ether oxygens (including phenoxy) is 1. The van der Waals surface area contributed by atoms with Crippen molar-refractivity contribution in [1.82, 2.24) is 0 Å². The normalized spacial score (nSPS) is 19.5. The van der Waals surface area contributed by atoms with Crippen molar-refractivity contribution in [2.75, 3.05) is 11.9 Å². The van der Waals surface area contributed by atoms with E-state index in [-0.39, 0.29) is 6.10 Å². The highest BCUT2D eigenvalue weighted by molar-refractivity contribution is 6.31. The lowest BCUT2D eigenvalue weighted by atomic mass is 10.1. The minimum Gasteiger partial charge on any atom is -0.486 e. The number of rotatable bonds is 1. The first-order valence-corrected chi connectivity index (χ1v) is 5.29. The Labute approximate surface area is 89.2 Å². The summed E-state index contributed by atoms with van der Waals surface area (Å²) in [5, 5.41) is 4.11. The van der Waals surface area contributed by atoms with E-state index in [2.05, 4.69) is 12.2 Å². The topological polar surface area (TPSA) is 21.3 Å². The molecule has 1 unspecified atom stereocenters. The van der Waals surface area contributed by atoms with Gasteiger partial charge >= 0.3 is 0 Å². The van der Waals surface area contributed by atoms with Gasteiger partial charge in [0.2, 0.25) is 0 Å². The van der Waals surface area contributed by atoms with Crippen LogP contribution in [-0.2, 0) is 0 Å². The van der Waals surface area contributed by atoms with Gasteiger partial charge in [-0.05, 0) is 25.0 Å². The molecule has 0 bridgehead atoms. The predicted octanol–water partition coefficient (Wildman–Crippen LogP) is 3.23. The average molecular weight is 212 g/mol. The monoisotopic (exact) mass is 211 g/mol. The minimum absolute atomic E-state index is 0.265. The third kappa shape index (κ3) is 1.67. The first kappa shape index (κ1) is 9.66. The Morgan fingerprint density at radius 3 is 3.07 bits per heavy atom. The molecule has 2 nitrogen and oxygen atoms in total. The zero-order valence-corrected chi connectivity index (χ0v) is 9.19. The maximum absolute atomic E-state index is 6.03. The lowest BCUT2D eigenvalue weighted by Gasteiger charge is -2.27. The Kier molecular flexibility index (Phi) is 2.55. The van der Waals surface area contributed by atoms with Crippen molar-refractivity contribution in [1.29, 1.82) is 0 Å². The first-order valence-electron chi connectivity index (χ1n) is 4.91. The molecule has 2 rings (SSSR count). The molecule has 1 atom stereocenters. The number of nitrogens with one attached hydrogen (secondary N) is 1. The molecule has 0 fully saturated rings. The SMILES string of the molecule is CCC1CNc2cc(C)c(Cl)cc2O1. The fourth-order valence-electron chi connectivity index (χ4n) is 1.57. The number of anilines is 1. The molecule has 1 heterocycles. The molecule has 76 valence electrons. The van der Waals surface area contributed by atoms with E-state index in [4.69, 9.17) is 16.3 Å². The van der Waals surface area contributed by atoms with Crippen LogP contribution in [0.4, 0.5) is 5.69 Å².